The Bertz CT molecular complexity index is 761. The maximum atomic E-state index is 4.17. The van der Waals surface area contributed by atoms with Gasteiger partial charge in [-0.05, 0) is 68.0 Å². The Labute approximate surface area is 177 Å². The lowest BCUT2D eigenvalue weighted by Gasteiger charge is -2.41. The molecule has 29 heavy (non-hydrogen) atoms. The number of hydrogen-bond acceptors (Lipinski definition) is 2. The summed E-state index contributed by atoms with van der Waals surface area (Å²) >= 11 is 0. The Hall–Kier alpha value is -2.32. The lowest BCUT2D eigenvalue weighted by molar-refractivity contribution is 0.204. The maximum absolute atomic E-state index is 4.17. The minimum atomic E-state index is 0.572. The molecule has 1 saturated heterocycles. The number of allylic oxidation sites excluding steroid dienone is 6. The van der Waals surface area contributed by atoms with Crippen LogP contribution in [-0.4, -0.2) is 42.0 Å². The van der Waals surface area contributed by atoms with Gasteiger partial charge in [0, 0.05) is 19.6 Å². The van der Waals surface area contributed by atoms with Crippen molar-refractivity contribution in [2.45, 2.75) is 38.1 Å². The van der Waals surface area contributed by atoms with Gasteiger partial charge in [0.1, 0.15) is 0 Å². The van der Waals surface area contributed by atoms with Gasteiger partial charge >= 0.3 is 0 Å². The van der Waals surface area contributed by atoms with E-state index in [1.807, 2.05) is 24.3 Å². The Morgan fingerprint density at radius 3 is 2.34 bits per heavy atom. The molecule has 154 valence electrons. The first-order valence-corrected chi connectivity index (χ1v) is 11.0. The number of likely N-dealkylation sites (tertiary alicyclic amines) is 1. The van der Waals surface area contributed by atoms with Gasteiger partial charge < -0.3 is 4.90 Å². The van der Waals surface area contributed by atoms with Gasteiger partial charge in [-0.3, -0.25) is 4.90 Å². The molecule has 2 nitrogen and oxygen atoms in total. The summed E-state index contributed by atoms with van der Waals surface area (Å²) in [7, 11) is 0. The molecule has 1 fully saturated rings. The van der Waals surface area contributed by atoms with Crippen molar-refractivity contribution in [3.8, 4) is 0 Å². The molecule has 1 aliphatic carbocycles. The van der Waals surface area contributed by atoms with Crippen LogP contribution in [-0.2, 0) is 0 Å². The van der Waals surface area contributed by atoms with Gasteiger partial charge in [0.2, 0.25) is 0 Å². The molecule has 0 bridgehead atoms. The molecule has 0 aromatic carbocycles. The largest absolute Gasteiger partial charge is 0.370 e. The van der Waals surface area contributed by atoms with Gasteiger partial charge in [-0.25, -0.2) is 0 Å². The van der Waals surface area contributed by atoms with Crippen LogP contribution in [0.2, 0.25) is 0 Å². The topological polar surface area (TPSA) is 6.48 Å². The summed E-state index contributed by atoms with van der Waals surface area (Å²) in [5.41, 5.74) is 5.65. The molecule has 2 atom stereocenters. The number of fused-ring (bicyclic) bond motifs is 2. The lowest BCUT2D eigenvalue weighted by atomic mass is 9.76. The maximum Gasteiger partial charge on any atom is 0.0538 e. The molecular weight excluding hydrogens is 352 g/mol. The van der Waals surface area contributed by atoms with Crippen LogP contribution in [0.4, 0.5) is 0 Å². The van der Waals surface area contributed by atoms with E-state index in [0.717, 1.165) is 38.4 Å². The molecule has 0 N–H and O–H groups in total. The summed E-state index contributed by atoms with van der Waals surface area (Å²) in [6.07, 6.45) is 22.4. The molecule has 0 amide bonds. The highest BCUT2D eigenvalue weighted by atomic mass is 15.2. The van der Waals surface area contributed by atoms with Crippen molar-refractivity contribution in [3.63, 3.8) is 0 Å². The Morgan fingerprint density at radius 2 is 1.66 bits per heavy atom. The molecule has 0 saturated carbocycles. The van der Waals surface area contributed by atoms with Crippen LogP contribution < -0.4 is 0 Å². The van der Waals surface area contributed by atoms with E-state index in [1.165, 1.54) is 37.0 Å². The third-order valence-corrected chi connectivity index (χ3v) is 6.42. The highest BCUT2D eigenvalue weighted by Crippen LogP contribution is 2.41. The Kier molecular flexibility index (Phi) is 7.71. The van der Waals surface area contributed by atoms with E-state index in [4.69, 9.17) is 0 Å². The molecule has 0 aromatic rings. The summed E-state index contributed by atoms with van der Waals surface area (Å²) in [6.45, 7) is 20.3. The third kappa shape index (κ3) is 5.61. The van der Waals surface area contributed by atoms with Gasteiger partial charge in [-0.15, -0.1) is 0 Å². The number of nitrogens with zero attached hydrogens (tertiary/aromatic N) is 2. The van der Waals surface area contributed by atoms with Crippen LogP contribution in [0.3, 0.4) is 0 Å². The predicted octanol–water partition coefficient (Wildman–Crippen LogP) is 5.97. The fraction of sp³-hybridized carbons (Fsp3) is 0.407. The fourth-order valence-corrected chi connectivity index (χ4v) is 4.75. The minimum absolute atomic E-state index is 0.572. The molecule has 2 unspecified atom stereocenters. The van der Waals surface area contributed by atoms with Crippen molar-refractivity contribution in [3.05, 3.63) is 97.3 Å². The average Bonchev–Trinajstić information content (AvgIpc) is 3.16. The molecule has 3 aliphatic rings. The van der Waals surface area contributed by atoms with E-state index in [0.29, 0.717) is 6.04 Å². The number of rotatable bonds is 10. The molecular formula is C27H36N2. The first kappa shape index (κ1) is 21.4. The van der Waals surface area contributed by atoms with Crippen molar-refractivity contribution in [2.75, 3.05) is 26.2 Å². The van der Waals surface area contributed by atoms with Crippen LogP contribution >= 0.6 is 0 Å². The second-order valence-electron chi connectivity index (χ2n) is 8.40. The summed E-state index contributed by atoms with van der Waals surface area (Å²) < 4.78 is 0. The third-order valence-electron chi connectivity index (χ3n) is 6.42. The lowest BCUT2D eigenvalue weighted by Crippen LogP contribution is -2.41. The SMILES string of the molecule is C=CC=CC(=C)CCN1CCC2CCC3C(=C2C1)C=CN3CCC(=C)C=CC=C. The van der Waals surface area contributed by atoms with Gasteiger partial charge in [-0.2, -0.15) is 0 Å². The predicted molar refractivity (Wildman–Crippen MR) is 127 cm³/mol. The standard InChI is InChI=1S/C27H36N2/c1-5-7-9-22(3)13-17-28-18-15-24-11-12-27-25(26(24)21-28)16-20-29(27)19-14-23(4)10-8-6-2/h5-10,16,20,24,27H,1-4,11-15,17-19,21H2. The van der Waals surface area contributed by atoms with E-state index in [9.17, 15) is 0 Å². The van der Waals surface area contributed by atoms with E-state index in [-0.39, 0.29) is 0 Å². The first-order valence-electron chi connectivity index (χ1n) is 11.0. The summed E-state index contributed by atoms with van der Waals surface area (Å²) in [5.74, 6) is 0.788. The Morgan fingerprint density at radius 1 is 0.966 bits per heavy atom. The quantitative estimate of drug-likeness (QED) is 0.425. The zero-order chi connectivity index (χ0) is 20.6. The number of piperidine rings is 1. The second kappa shape index (κ2) is 10.5. The van der Waals surface area contributed by atoms with Gasteiger partial charge in [0.25, 0.3) is 0 Å². The summed E-state index contributed by atoms with van der Waals surface area (Å²) in [6, 6.07) is 0.572. The smallest absolute Gasteiger partial charge is 0.0538 e. The minimum Gasteiger partial charge on any atom is -0.370 e. The fourth-order valence-electron chi connectivity index (χ4n) is 4.75. The van der Waals surface area contributed by atoms with Crippen LogP contribution in [0.15, 0.2) is 97.3 Å². The van der Waals surface area contributed by atoms with Crippen molar-refractivity contribution in [1.82, 2.24) is 9.80 Å². The molecule has 0 radical (unpaired) electrons. The van der Waals surface area contributed by atoms with Gasteiger partial charge in [0.05, 0.1) is 6.04 Å². The zero-order valence-electron chi connectivity index (χ0n) is 17.9. The van der Waals surface area contributed by atoms with Crippen molar-refractivity contribution >= 4 is 0 Å². The number of hydrogen-bond donors (Lipinski definition) is 0. The van der Waals surface area contributed by atoms with Crippen molar-refractivity contribution < 1.29 is 0 Å². The highest BCUT2D eigenvalue weighted by Gasteiger charge is 2.36. The molecule has 2 heteroatoms. The van der Waals surface area contributed by atoms with E-state index in [1.54, 1.807) is 11.1 Å². The molecule has 0 aromatic heterocycles. The summed E-state index contributed by atoms with van der Waals surface area (Å²) in [5, 5.41) is 0. The Balaban J connectivity index is 1.58. The van der Waals surface area contributed by atoms with E-state index >= 15 is 0 Å². The molecule has 0 spiro atoms. The van der Waals surface area contributed by atoms with Crippen LogP contribution in [0.1, 0.15) is 32.1 Å². The molecule has 2 aliphatic heterocycles. The van der Waals surface area contributed by atoms with E-state index < -0.39 is 0 Å². The normalized spacial score (nSPS) is 24.2. The average molecular weight is 389 g/mol. The monoisotopic (exact) mass is 388 g/mol. The van der Waals surface area contributed by atoms with Crippen LogP contribution in [0, 0.1) is 5.92 Å². The summed E-state index contributed by atoms with van der Waals surface area (Å²) in [4.78, 5) is 5.15. The van der Waals surface area contributed by atoms with Gasteiger partial charge in [0.15, 0.2) is 0 Å². The van der Waals surface area contributed by atoms with Crippen LogP contribution in [0.25, 0.3) is 0 Å². The zero-order valence-corrected chi connectivity index (χ0v) is 17.9. The highest BCUT2D eigenvalue weighted by molar-refractivity contribution is 5.40. The van der Waals surface area contributed by atoms with Crippen molar-refractivity contribution in [1.29, 1.82) is 0 Å². The second-order valence-corrected chi connectivity index (χ2v) is 8.40. The molecule has 3 rings (SSSR count). The van der Waals surface area contributed by atoms with Crippen LogP contribution in [0.5, 0.6) is 0 Å². The van der Waals surface area contributed by atoms with E-state index in [2.05, 4.69) is 60.5 Å². The first-order chi connectivity index (χ1) is 14.1. The van der Waals surface area contributed by atoms with Gasteiger partial charge in [-0.1, -0.05) is 73.9 Å². The molecule has 2 heterocycles. The van der Waals surface area contributed by atoms with Crippen molar-refractivity contribution in [2.24, 2.45) is 5.92 Å².